The van der Waals surface area contributed by atoms with Gasteiger partial charge in [-0.3, -0.25) is 4.57 Å². The molecule has 42 heavy (non-hydrogen) atoms. The fourth-order valence-electron chi connectivity index (χ4n) is 4.81. The van der Waals surface area contributed by atoms with Crippen LogP contribution in [0.1, 0.15) is 30.3 Å². The van der Waals surface area contributed by atoms with Crippen molar-refractivity contribution in [2.24, 2.45) is 0 Å². The largest absolute Gasteiger partial charge is 0.493 e. The normalized spacial score (nSPS) is 12.9. The van der Waals surface area contributed by atoms with E-state index >= 15 is 0 Å². The molecule has 2 heterocycles. The van der Waals surface area contributed by atoms with Crippen molar-refractivity contribution in [1.29, 1.82) is 0 Å². The Hall–Kier alpha value is -3.65. The maximum absolute atomic E-state index is 14.9. The van der Waals surface area contributed by atoms with Crippen LogP contribution in [0.2, 0.25) is 5.15 Å². The van der Waals surface area contributed by atoms with Crippen molar-refractivity contribution in [3.8, 4) is 34.1 Å². The van der Waals surface area contributed by atoms with Gasteiger partial charge >= 0.3 is 5.69 Å². The molecular weight excluding hydrogens is 678 g/mol. The van der Waals surface area contributed by atoms with E-state index in [4.69, 9.17) is 16.3 Å². The number of aliphatic hydroxyl groups is 2. The zero-order chi connectivity index (χ0) is 30.0. The molecule has 2 aromatic heterocycles. The van der Waals surface area contributed by atoms with E-state index in [0.717, 1.165) is 5.56 Å². The van der Waals surface area contributed by atoms with Crippen molar-refractivity contribution in [3.63, 3.8) is 0 Å². The van der Waals surface area contributed by atoms with Crippen LogP contribution in [0.5, 0.6) is 11.6 Å². The van der Waals surface area contributed by atoms with Gasteiger partial charge < -0.3 is 30.0 Å². The zero-order valence-corrected chi connectivity index (χ0v) is 25.2. The number of aliphatic hydroxyl groups excluding tert-OH is 2. The lowest BCUT2D eigenvalue weighted by Crippen LogP contribution is -2.27. The van der Waals surface area contributed by atoms with Gasteiger partial charge in [-0.15, -0.1) is 0 Å². The molecule has 0 bridgehead atoms. The number of rotatable bonds is 10. The smallest absolute Gasteiger partial charge is 0.329 e. The van der Waals surface area contributed by atoms with Crippen LogP contribution >= 0.6 is 34.2 Å². The number of nitrogens with zero attached hydrogens (tertiary/aromatic N) is 2. The van der Waals surface area contributed by atoms with Crippen molar-refractivity contribution in [2.75, 3.05) is 13.2 Å². The molecule has 218 valence electrons. The van der Waals surface area contributed by atoms with Crippen LogP contribution < -0.4 is 10.4 Å². The van der Waals surface area contributed by atoms with E-state index in [1.165, 1.54) is 10.6 Å². The molecule has 0 amide bonds. The molecule has 3 aromatic carbocycles. The van der Waals surface area contributed by atoms with Crippen molar-refractivity contribution in [2.45, 2.75) is 25.0 Å². The molecular formula is C30H27ClFIN4O5. The third kappa shape index (κ3) is 5.95. The minimum Gasteiger partial charge on any atom is -0.493 e. The maximum atomic E-state index is 14.9. The van der Waals surface area contributed by atoms with Gasteiger partial charge in [-0.05, 0) is 70.6 Å². The van der Waals surface area contributed by atoms with Gasteiger partial charge in [0.1, 0.15) is 46.1 Å². The third-order valence-electron chi connectivity index (χ3n) is 6.98. The third-order valence-corrected chi connectivity index (χ3v) is 7.92. The van der Waals surface area contributed by atoms with Gasteiger partial charge in [0.25, 0.3) is 0 Å². The molecule has 0 saturated carbocycles. The van der Waals surface area contributed by atoms with Crippen LogP contribution in [0.15, 0.2) is 77.6 Å². The Kier molecular flexibility index (Phi) is 9.02. The van der Waals surface area contributed by atoms with E-state index in [0.29, 0.717) is 14.9 Å². The summed E-state index contributed by atoms with van der Waals surface area (Å²) in [4.78, 5) is 23.9. The number of imidazole rings is 2. The molecule has 5 N–H and O–H groups in total. The van der Waals surface area contributed by atoms with Crippen molar-refractivity contribution in [3.05, 3.63) is 109 Å². The van der Waals surface area contributed by atoms with Crippen molar-refractivity contribution < 1.29 is 24.4 Å². The first-order valence-electron chi connectivity index (χ1n) is 13.0. The summed E-state index contributed by atoms with van der Waals surface area (Å²) in [6, 6.07) is 19.7. The quantitative estimate of drug-likeness (QED) is 0.123. The first-order chi connectivity index (χ1) is 20.2. The molecule has 5 rings (SSSR count). The molecule has 0 aliphatic heterocycles. The fraction of sp³-hybridized carbons (Fsp3) is 0.200. The number of ether oxygens (including phenoxy) is 1. The number of aromatic hydroxyl groups is 1. The summed E-state index contributed by atoms with van der Waals surface area (Å²) >= 11 is 8.55. The van der Waals surface area contributed by atoms with E-state index in [1.54, 1.807) is 36.4 Å². The highest BCUT2D eigenvalue weighted by Gasteiger charge is 2.32. The molecule has 2 atom stereocenters. The number of benzene rings is 3. The SMILES string of the molecule is C[C@@H](c1ccccc1)[C@@H](c1nc(-c2ccc(I)cc2F)c(Cl)[nH]1)n1c(O)c(-c2ccc(OC(CO)CO)cc2)[nH]c1=O. The molecule has 0 saturated heterocycles. The van der Waals surface area contributed by atoms with Gasteiger partial charge in [0.2, 0.25) is 5.88 Å². The summed E-state index contributed by atoms with van der Waals surface area (Å²) in [6.45, 7) is 1.18. The number of nitrogens with one attached hydrogen (secondary N) is 2. The van der Waals surface area contributed by atoms with Gasteiger partial charge in [-0.1, -0.05) is 48.9 Å². The molecule has 9 nitrogen and oxygen atoms in total. The summed E-state index contributed by atoms with van der Waals surface area (Å²) < 4.78 is 22.3. The van der Waals surface area contributed by atoms with Crippen LogP contribution in [-0.4, -0.2) is 54.2 Å². The van der Waals surface area contributed by atoms with E-state index in [-0.39, 0.29) is 52.9 Å². The van der Waals surface area contributed by atoms with Crippen LogP contribution in [0, 0.1) is 9.39 Å². The second kappa shape index (κ2) is 12.7. The van der Waals surface area contributed by atoms with E-state index in [1.807, 2.05) is 59.8 Å². The molecule has 0 unspecified atom stereocenters. The molecule has 0 aliphatic carbocycles. The van der Waals surface area contributed by atoms with Crippen molar-refractivity contribution >= 4 is 34.2 Å². The van der Waals surface area contributed by atoms with Crippen LogP contribution in [-0.2, 0) is 0 Å². The monoisotopic (exact) mass is 704 g/mol. The highest BCUT2D eigenvalue weighted by molar-refractivity contribution is 14.1. The Morgan fingerprint density at radius 2 is 1.74 bits per heavy atom. The lowest BCUT2D eigenvalue weighted by atomic mass is 9.92. The van der Waals surface area contributed by atoms with Gasteiger partial charge in [0, 0.05) is 20.6 Å². The highest BCUT2D eigenvalue weighted by Crippen LogP contribution is 2.40. The van der Waals surface area contributed by atoms with Crippen LogP contribution in [0.3, 0.4) is 0 Å². The minimum absolute atomic E-state index is 0.0957. The lowest BCUT2D eigenvalue weighted by molar-refractivity contribution is 0.0629. The zero-order valence-electron chi connectivity index (χ0n) is 22.3. The molecule has 0 spiro atoms. The second-order valence-electron chi connectivity index (χ2n) is 9.68. The molecule has 12 heteroatoms. The predicted octanol–water partition coefficient (Wildman–Crippen LogP) is 5.46. The topological polar surface area (TPSA) is 136 Å². The standard InChI is InChI=1S/C30H27ClFIN4O5/c1-16(17-5-3-2-4-6-17)26(28-34-25(27(31)36-28)22-12-9-19(33)13-23(22)32)37-29(40)24(35-30(37)41)18-7-10-20(11-8-18)42-21(14-38)15-39/h2-13,16,21,26,38-40H,14-15H2,1H3,(H,34,36)(H,35,41)/t16-,26-/m0/s1. The summed E-state index contributed by atoms with van der Waals surface area (Å²) in [5.74, 6) is -0.561. The van der Waals surface area contributed by atoms with Gasteiger partial charge in [-0.2, -0.15) is 0 Å². The highest BCUT2D eigenvalue weighted by atomic mass is 127. The number of halogens is 3. The fourth-order valence-corrected chi connectivity index (χ4v) is 5.51. The Morgan fingerprint density at radius 3 is 2.38 bits per heavy atom. The minimum atomic E-state index is -0.861. The average molecular weight is 705 g/mol. The second-order valence-corrected chi connectivity index (χ2v) is 11.3. The van der Waals surface area contributed by atoms with E-state index in [9.17, 15) is 24.5 Å². The Morgan fingerprint density at radius 1 is 1.05 bits per heavy atom. The molecule has 5 aromatic rings. The van der Waals surface area contributed by atoms with E-state index < -0.39 is 23.7 Å². The van der Waals surface area contributed by atoms with Gasteiger partial charge in [-0.25, -0.2) is 14.2 Å². The molecule has 0 radical (unpaired) electrons. The number of aromatic amines is 2. The van der Waals surface area contributed by atoms with Gasteiger partial charge in [0.05, 0.1) is 13.2 Å². The Labute approximate surface area is 258 Å². The van der Waals surface area contributed by atoms with Gasteiger partial charge in [0.15, 0.2) is 0 Å². The first kappa shape index (κ1) is 29.8. The maximum Gasteiger partial charge on any atom is 0.329 e. The van der Waals surface area contributed by atoms with Crippen molar-refractivity contribution in [1.82, 2.24) is 19.5 Å². The number of aromatic nitrogens is 4. The Bertz CT molecular complexity index is 1740. The van der Waals surface area contributed by atoms with E-state index in [2.05, 4.69) is 15.0 Å². The number of H-pyrrole nitrogens is 2. The molecule has 0 aliphatic rings. The summed E-state index contributed by atoms with van der Waals surface area (Å²) in [5, 5.41) is 30.1. The average Bonchev–Trinajstić information content (AvgIpc) is 3.51. The summed E-state index contributed by atoms with van der Waals surface area (Å²) in [6.07, 6.45) is -0.775. The Balaban J connectivity index is 1.60. The number of hydrogen-bond acceptors (Lipinski definition) is 6. The summed E-state index contributed by atoms with van der Waals surface area (Å²) in [5.41, 5.74) is 1.33. The number of hydrogen-bond donors (Lipinski definition) is 5. The molecule has 0 fully saturated rings. The van der Waals surface area contributed by atoms with Crippen LogP contribution in [0.4, 0.5) is 4.39 Å². The first-order valence-corrected chi connectivity index (χ1v) is 14.5. The predicted molar refractivity (Wildman–Crippen MR) is 165 cm³/mol. The summed E-state index contributed by atoms with van der Waals surface area (Å²) in [7, 11) is 0. The van der Waals surface area contributed by atoms with Crippen LogP contribution in [0.25, 0.3) is 22.5 Å². The lowest BCUT2D eigenvalue weighted by Gasteiger charge is -2.24.